The van der Waals surface area contributed by atoms with Crippen LogP contribution >= 0.6 is 0 Å². The highest BCUT2D eigenvalue weighted by molar-refractivity contribution is 7.86. The Labute approximate surface area is 197 Å². The first-order valence-corrected chi connectivity index (χ1v) is 12.3. The highest BCUT2D eigenvalue weighted by atomic mass is 32.2. The van der Waals surface area contributed by atoms with E-state index in [0.717, 1.165) is 5.56 Å². The third-order valence-electron chi connectivity index (χ3n) is 6.06. The lowest BCUT2D eigenvalue weighted by atomic mass is 10.1. The molecule has 2 atom stereocenters. The van der Waals surface area contributed by atoms with Gasteiger partial charge in [0.1, 0.15) is 22.0 Å². The third kappa shape index (κ3) is 5.19. The van der Waals surface area contributed by atoms with Gasteiger partial charge in [0, 0.05) is 43.3 Å². The number of carbonyl (C=O) groups excluding carboxylic acids is 1. The number of rotatable bonds is 6. The van der Waals surface area contributed by atoms with E-state index in [0.29, 0.717) is 19.6 Å². The fraction of sp³-hybridized carbons (Fsp3) is 0.333. The van der Waals surface area contributed by atoms with Crippen LogP contribution in [0.25, 0.3) is 10.9 Å². The van der Waals surface area contributed by atoms with Gasteiger partial charge in [-0.15, -0.1) is 0 Å². The number of ether oxygens (including phenoxy) is 1. The third-order valence-corrected chi connectivity index (χ3v) is 6.97. The number of piperazine rings is 1. The van der Waals surface area contributed by atoms with Crippen molar-refractivity contribution in [3.63, 3.8) is 0 Å². The molecule has 2 heterocycles. The molecule has 34 heavy (non-hydrogen) atoms. The molecule has 4 rings (SSSR count). The summed E-state index contributed by atoms with van der Waals surface area (Å²) in [5.41, 5.74) is 1.26. The van der Waals surface area contributed by atoms with Crippen LogP contribution in [0, 0.1) is 5.82 Å². The molecule has 10 heteroatoms. The van der Waals surface area contributed by atoms with Crippen LogP contribution in [-0.2, 0) is 21.5 Å². The maximum atomic E-state index is 13.2. The van der Waals surface area contributed by atoms with Crippen LogP contribution in [0.15, 0.2) is 59.6 Å². The molecule has 1 aromatic heterocycles. The van der Waals surface area contributed by atoms with E-state index in [4.69, 9.17) is 4.74 Å². The van der Waals surface area contributed by atoms with Gasteiger partial charge in [-0.25, -0.2) is 4.39 Å². The van der Waals surface area contributed by atoms with E-state index in [1.165, 1.54) is 36.5 Å². The number of benzene rings is 2. The Morgan fingerprint density at radius 2 is 1.85 bits per heavy atom. The molecule has 0 aliphatic carbocycles. The fourth-order valence-corrected chi connectivity index (χ4v) is 4.96. The van der Waals surface area contributed by atoms with Crippen molar-refractivity contribution in [1.82, 2.24) is 14.8 Å². The Balaban J connectivity index is 1.43. The van der Waals surface area contributed by atoms with E-state index >= 15 is 0 Å². The quantitative estimate of drug-likeness (QED) is 0.533. The standard InChI is InChI=1S/C24H26FN3O5S/c1-16-13-28(17(2)12-27(16)14-18-5-7-19(25)8-6-18)23(29)15-33-21-9-10-22(34(30,31)32)20-4-3-11-26-24(20)21/h3-11,16-17H,12-15H2,1-2H3,(H,30,31,32)/t16-,17+/m0/s1. The van der Waals surface area contributed by atoms with Crippen LogP contribution in [0.1, 0.15) is 19.4 Å². The number of amides is 1. The number of fused-ring (bicyclic) bond motifs is 1. The fourth-order valence-electron chi connectivity index (χ4n) is 4.27. The zero-order valence-corrected chi connectivity index (χ0v) is 19.7. The minimum Gasteiger partial charge on any atom is -0.481 e. The summed E-state index contributed by atoms with van der Waals surface area (Å²) in [5, 5.41) is 0.214. The maximum Gasteiger partial charge on any atom is 0.295 e. The van der Waals surface area contributed by atoms with Crippen LogP contribution in [0.2, 0.25) is 0 Å². The summed E-state index contributed by atoms with van der Waals surface area (Å²) in [6, 6.07) is 12.2. The van der Waals surface area contributed by atoms with E-state index in [-0.39, 0.29) is 52.0 Å². The summed E-state index contributed by atoms with van der Waals surface area (Å²) in [6.07, 6.45) is 1.48. The van der Waals surface area contributed by atoms with E-state index in [1.807, 2.05) is 13.8 Å². The van der Waals surface area contributed by atoms with Crippen molar-refractivity contribution < 1.29 is 26.9 Å². The Morgan fingerprint density at radius 3 is 2.56 bits per heavy atom. The predicted molar refractivity (Wildman–Crippen MR) is 124 cm³/mol. The Hall–Kier alpha value is -3.08. The first-order chi connectivity index (χ1) is 16.1. The molecule has 0 bridgehead atoms. The van der Waals surface area contributed by atoms with E-state index in [1.54, 1.807) is 23.1 Å². The van der Waals surface area contributed by atoms with Crippen LogP contribution in [0.4, 0.5) is 4.39 Å². The monoisotopic (exact) mass is 487 g/mol. The van der Waals surface area contributed by atoms with E-state index in [2.05, 4.69) is 9.88 Å². The number of aromatic nitrogens is 1. The van der Waals surface area contributed by atoms with Gasteiger partial charge in [-0.05, 0) is 55.8 Å². The van der Waals surface area contributed by atoms with Crippen molar-refractivity contribution in [3.8, 4) is 5.75 Å². The van der Waals surface area contributed by atoms with Crippen molar-refractivity contribution in [2.75, 3.05) is 19.7 Å². The molecule has 1 aliphatic heterocycles. The average Bonchev–Trinajstić information content (AvgIpc) is 2.80. The van der Waals surface area contributed by atoms with Gasteiger partial charge in [0.25, 0.3) is 16.0 Å². The number of carbonyl (C=O) groups is 1. The normalized spacial score (nSPS) is 19.4. The van der Waals surface area contributed by atoms with E-state index in [9.17, 15) is 22.2 Å². The smallest absolute Gasteiger partial charge is 0.295 e. The predicted octanol–water partition coefficient (Wildman–Crippen LogP) is 3.12. The van der Waals surface area contributed by atoms with Gasteiger partial charge in [-0.3, -0.25) is 19.2 Å². The van der Waals surface area contributed by atoms with Gasteiger partial charge < -0.3 is 9.64 Å². The molecule has 1 amide bonds. The van der Waals surface area contributed by atoms with Crippen molar-refractivity contribution in [2.24, 2.45) is 0 Å². The number of pyridine rings is 1. The molecular formula is C24H26FN3O5S. The zero-order valence-electron chi connectivity index (χ0n) is 18.9. The molecule has 1 aliphatic rings. The zero-order chi connectivity index (χ0) is 24.5. The summed E-state index contributed by atoms with van der Waals surface area (Å²) in [6.45, 7) is 5.64. The summed E-state index contributed by atoms with van der Waals surface area (Å²) in [5.74, 6) is -0.202. The highest BCUT2D eigenvalue weighted by Gasteiger charge is 2.32. The molecule has 0 unspecified atom stereocenters. The molecule has 180 valence electrons. The molecule has 0 radical (unpaired) electrons. The molecule has 8 nitrogen and oxygen atoms in total. The van der Waals surface area contributed by atoms with Gasteiger partial charge >= 0.3 is 0 Å². The number of hydrogen-bond donors (Lipinski definition) is 1. The summed E-state index contributed by atoms with van der Waals surface area (Å²) in [4.78, 5) is 20.9. The molecular weight excluding hydrogens is 461 g/mol. The number of halogens is 1. The van der Waals surface area contributed by atoms with Crippen molar-refractivity contribution in [1.29, 1.82) is 0 Å². The van der Waals surface area contributed by atoms with Gasteiger partial charge in [-0.1, -0.05) is 12.1 Å². The van der Waals surface area contributed by atoms with Crippen molar-refractivity contribution in [2.45, 2.75) is 37.4 Å². The van der Waals surface area contributed by atoms with Crippen LogP contribution in [0.3, 0.4) is 0 Å². The Morgan fingerprint density at radius 1 is 1.12 bits per heavy atom. The number of nitrogens with zero attached hydrogens (tertiary/aromatic N) is 3. The Bertz CT molecular complexity index is 1300. The summed E-state index contributed by atoms with van der Waals surface area (Å²) in [7, 11) is -4.43. The topological polar surface area (TPSA) is 100 Å². The molecule has 1 N–H and O–H groups in total. The van der Waals surface area contributed by atoms with Gasteiger partial charge in [0.2, 0.25) is 0 Å². The van der Waals surface area contributed by atoms with Gasteiger partial charge in [-0.2, -0.15) is 8.42 Å². The van der Waals surface area contributed by atoms with Gasteiger partial charge in [0.05, 0.1) is 0 Å². The molecule has 3 aromatic rings. The largest absolute Gasteiger partial charge is 0.481 e. The summed E-state index contributed by atoms with van der Waals surface area (Å²) < 4.78 is 51.7. The second-order valence-corrected chi connectivity index (χ2v) is 9.92. The van der Waals surface area contributed by atoms with Gasteiger partial charge in [0.15, 0.2) is 6.61 Å². The lowest BCUT2D eigenvalue weighted by Crippen LogP contribution is -2.58. The van der Waals surface area contributed by atoms with Crippen LogP contribution < -0.4 is 4.74 Å². The van der Waals surface area contributed by atoms with Crippen molar-refractivity contribution >= 4 is 26.9 Å². The van der Waals surface area contributed by atoms with Crippen molar-refractivity contribution in [3.05, 3.63) is 66.1 Å². The molecule has 1 saturated heterocycles. The molecule has 0 spiro atoms. The molecule has 2 aromatic carbocycles. The Kier molecular flexibility index (Phi) is 6.83. The molecule has 0 saturated carbocycles. The van der Waals surface area contributed by atoms with Crippen LogP contribution in [-0.4, -0.2) is 65.4 Å². The van der Waals surface area contributed by atoms with E-state index < -0.39 is 10.1 Å². The second-order valence-electron chi connectivity index (χ2n) is 8.53. The minimum atomic E-state index is -4.43. The number of hydrogen-bond acceptors (Lipinski definition) is 6. The first kappa shape index (κ1) is 24.1. The van der Waals surface area contributed by atoms with Crippen LogP contribution in [0.5, 0.6) is 5.75 Å². The average molecular weight is 488 g/mol. The summed E-state index contributed by atoms with van der Waals surface area (Å²) >= 11 is 0. The second kappa shape index (κ2) is 9.65. The SMILES string of the molecule is C[C@@H]1CN(Cc2ccc(F)cc2)[C@@H](C)CN1C(=O)COc1ccc(S(=O)(=O)O)c2cccnc12. The molecule has 1 fully saturated rings. The lowest BCUT2D eigenvalue weighted by Gasteiger charge is -2.44. The minimum absolute atomic E-state index is 0.0514. The lowest BCUT2D eigenvalue weighted by molar-refractivity contribution is -0.139. The maximum absolute atomic E-state index is 13.2. The first-order valence-electron chi connectivity index (χ1n) is 10.9. The highest BCUT2D eigenvalue weighted by Crippen LogP contribution is 2.29.